The largest absolute Gasteiger partial charge is 0.338 e. The maximum Gasteiger partial charge on any atom is 0.109 e. The molecule has 0 aliphatic carbocycles. The lowest BCUT2D eigenvalue weighted by atomic mass is 9.90. The monoisotopic (exact) mass is 200 g/mol. The summed E-state index contributed by atoms with van der Waals surface area (Å²) in [6.07, 6.45) is 4.58. The van der Waals surface area contributed by atoms with Crippen LogP contribution >= 0.6 is 11.6 Å². The van der Waals surface area contributed by atoms with Gasteiger partial charge in [0.1, 0.15) is 5.82 Å². The summed E-state index contributed by atoms with van der Waals surface area (Å²) in [6, 6.07) is 0. The fourth-order valence-electron chi connectivity index (χ4n) is 1.06. The molecule has 13 heavy (non-hydrogen) atoms. The molecule has 1 atom stereocenters. The molecule has 1 aromatic rings. The topological polar surface area (TPSA) is 17.8 Å². The molecule has 0 fully saturated rings. The number of hydrogen-bond acceptors (Lipinski definition) is 1. The number of rotatable bonds is 2. The van der Waals surface area contributed by atoms with Crippen LogP contribution in [0.15, 0.2) is 12.4 Å². The van der Waals surface area contributed by atoms with Gasteiger partial charge in [0.15, 0.2) is 0 Å². The molecule has 1 heterocycles. The van der Waals surface area contributed by atoms with Gasteiger partial charge in [-0.2, -0.15) is 0 Å². The predicted molar refractivity (Wildman–Crippen MR) is 56.0 cm³/mol. The fraction of sp³-hybridized carbons (Fsp3) is 0.700. The van der Waals surface area contributed by atoms with Crippen molar-refractivity contribution in [3.8, 4) is 0 Å². The molecule has 0 amide bonds. The smallest absolute Gasteiger partial charge is 0.109 e. The molecule has 0 N–H and O–H groups in total. The van der Waals surface area contributed by atoms with Gasteiger partial charge in [0.2, 0.25) is 0 Å². The van der Waals surface area contributed by atoms with E-state index in [-0.39, 0.29) is 10.8 Å². The minimum atomic E-state index is 0.132. The van der Waals surface area contributed by atoms with Crippen LogP contribution in [0.1, 0.15) is 26.6 Å². The van der Waals surface area contributed by atoms with Crippen LogP contribution in [0.4, 0.5) is 0 Å². The Labute approximate surface area is 84.9 Å². The van der Waals surface area contributed by atoms with Gasteiger partial charge in [-0.05, 0) is 5.41 Å². The molecule has 1 unspecified atom stereocenters. The van der Waals surface area contributed by atoms with Crippen LogP contribution in [0.2, 0.25) is 0 Å². The molecular weight excluding hydrogens is 184 g/mol. The molecule has 2 nitrogen and oxygen atoms in total. The van der Waals surface area contributed by atoms with Crippen molar-refractivity contribution in [3.63, 3.8) is 0 Å². The van der Waals surface area contributed by atoms with Crippen molar-refractivity contribution in [3.05, 3.63) is 18.2 Å². The SMILES string of the molecule is Cn1ccnc1CC(Cl)C(C)(C)C. The average molecular weight is 201 g/mol. The van der Waals surface area contributed by atoms with Crippen molar-refractivity contribution in [1.29, 1.82) is 0 Å². The van der Waals surface area contributed by atoms with Gasteiger partial charge in [-0.3, -0.25) is 0 Å². The maximum atomic E-state index is 6.27. The Balaban J connectivity index is 2.65. The van der Waals surface area contributed by atoms with E-state index in [4.69, 9.17) is 11.6 Å². The third-order valence-corrected chi connectivity index (χ3v) is 3.03. The molecule has 0 spiro atoms. The van der Waals surface area contributed by atoms with Crippen LogP contribution in [-0.2, 0) is 13.5 Å². The summed E-state index contributed by atoms with van der Waals surface area (Å²) in [5.41, 5.74) is 0.132. The van der Waals surface area contributed by atoms with E-state index in [1.807, 2.05) is 24.0 Å². The molecule has 0 aliphatic rings. The van der Waals surface area contributed by atoms with E-state index in [0.29, 0.717) is 0 Å². The predicted octanol–water partition coefficient (Wildman–Crippen LogP) is 2.62. The van der Waals surface area contributed by atoms with Crippen molar-refractivity contribution in [2.75, 3.05) is 0 Å². The number of imidazole rings is 1. The van der Waals surface area contributed by atoms with Crippen LogP contribution in [0.3, 0.4) is 0 Å². The highest BCUT2D eigenvalue weighted by Crippen LogP contribution is 2.26. The van der Waals surface area contributed by atoms with Crippen LogP contribution in [-0.4, -0.2) is 14.9 Å². The van der Waals surface area contributed by atoms with Crippen molar-refractivity contribution in [1.82, 2.24) is 9.55 Å². The molecule has 3 heteroatoms. The Hall–Kier alpha value is -0.500. The van der Waals surface area contributed by atoms with E-state index in [9.17, 15) is 0 Å². The van der Waals surface area contributed by atoms with Crippen LogP contribution < -0.4 is 0 Å². The second-order valence-corrected chi connectivity index (χ2v) is 5.02. The van der Waals surface area contributed by atoms with Gasteiger partial charge in [-0.25, -0.2) is 4.98 Å². The molecule has 0 saturated heterocycles. The Kier molecular flexibility index (Phi) is 3.01. The van der Waals surface area contributed by atoms with Gasteiger partial charge >= 0.3 is 0 Å². The standard InChI is InChI=1S/C10H17ClN2/c1-10(2,3)8(11)7-9-12-5-6-13(9)4/h5-6,8H,7H2,1-4H3. The summed E-state index contributed by atoms with van der Waals surface area (Å²) in [7, 11) is 1.99. The Morgan fingerprint density at radius 3 is 2.54 bits per heavy atom. The number of halogens is 1. The number of alkyl halides is 1. The first-order chi connectivity index (χ1) is 5.91. The zero-order valence-electron chi connectivity index (χ0n) is 8.71. The third-order valence-electron chi connectivity index (χ3n) is 2.22. The van der Waals surface area contributed by atoms with Gasteiger partial charge < -0.3 is 4.57 Å². The number of aryl methyl sites for hydroxylation is 1. The summed E-state index contributed by atoms with van der Waals surface area (Å²) in [4.78, 5) is 4.25. The highest BCUT2D eigenvalue weighted by molar-refractivity contribution is 6.21. The van der Waals surface area contributed by atoms with E-state index in [1.54, 1.807) is 0 Å². The van der Waals surface area contributed by atoms with Gasteiger partial charge in [-0.15, -0.1) is 11.6 Å². The van der Waals surface area contributed by atoms with Crippen molar-refractivity contribution >= 4 is 11.6 Å². The molecule has 0 saturated carbocycles. The quantitative estimate of drug-likeness (QED) is 0.672. The minimum Gasteiger partial charge on any atom is -0.338 e. The second-order valence-electron chi connectivity index (χ2n) is 4.49. The first kappa shape index (κ1) is 10.6. The van der Waals surface area contributed by atoms with E-state index in [2.05, 4.69) is 25.8 Å². The first-order valence-electron chi connectivity index (χ1n) is 4.51. The first-order valence-corrected chi connectivity index (χ1v) is 4.95. The lowest BCUT2D eigenvalue weighted by molar-refractivity contribution is 0.381. The Morgan fingerprint density at radius 1 is 1.54 bits per heavy atom. The molecule has 0 aliphatic heterocycles. The number of nitrogens with zero attached hydrogens (tertiary/aromatic N) is 2. The zero-order valence-corrected chi connectivity index (χ0v) is 9.47. The van der Waals surface area contributed by atoms with E-state index >= 15 is 0 Å². The molecule has 1 rings (SSSR count). The molecule has 74 valence electrons. The summed E-state index contributed by atoms with van der Waals surface area (Å²) in [5.74, 6) is 1.05. The van der Waals surface area contributed by atoms with Crippen molar-refractivity contribution in [2.45, 2.75) is 32.6 Å². The van der Waals surface area contributed by atoms with Crippen molar-refractivity contribution in [2.24, 2.45) is 12.5 Å². The lowest BCUT2D eigenvalue weighted by Gasteiger charge is -2.24. The number of hydrogen-bond donors (Lipinski definition) is 0. The third kappa shape index (κ3) is 2.73. The summed E-state index contributed by atoms with van der Waals surface area (Å²) < 4.78 is 2.02. The summed E-state index contributed by atoms with van der Waals surface area (Å²) in [5, 5.41) is 0.133. The molecule has 0 aromatic carbocycles. The van der Waals surface area contributed by atoms with Crippen LogP contribution in [0.25, 0.3) is 0 Å². The minimum absolute atomic E-state index is 0.132. The Bertz CT molecular complexity index is 273. The van der Waals surface area contributed by atoms with E-state index < -0.39 is 0 Å². The second kappa shape index (κ2) is 3.70. The number of aromatic nitrogens is 2. The van der Waals surface area contributed by atoms with Crippen molar-refractivity contribution < 1.29 is 0 Å². The van der Waals surface area contributed by atoms with Crippen LogP contribution in [0, 0.1) is 5.41 Å². The zero-order chi connectivity index (χ0) is 10.1. The summed E-state index contributed by atoms with van der Waals surface area (Å²) >= 11 is 6.27. The van der Waals surface area contributed by atoms with Gasteiger partial charge in [0, 0.05) is 31.2 Å². The van der Waals surface area contributed by atoms with Gasteiger partial charge in [0.05, 0.1) is 0 Å². The Morgan fingerprint density at radius 2 is 2.15 bits per heavy atom. The van der Waals surface area contributed by atoms with E-state index in [0.717, 1.165) is 12.2 Å². The summed E-state index contributed by atoms with van der Waals surface area (Å²) in [6.45, 7) is 6.44. The molecule has 1 aromatic heterocycles. The van der Waals surface area contributed by atoms with E-state index in [1.165, 1.54) is 0 Å². The fourth-order valence-corrected chi connectivity index (χ4v) is 1.20. The molecular formula is C10H17ClN2. The average Bonchev–Trinajstić information content (AvgIpc) is 2.34. The molecule has 0 bridgehead atoms. The van der Waals surface area contributed by atoms with Gasteiger partial charge in [-0.1, -0.05) is 20.8 Å². The maximum absolute atomic E-state index is 6.27. The van der Waals surface area contributed by atoms with Crippen LogP contribution in [0.5, 0.6) is 0 Å². The van der Waals surface area contributed by atoms with Gasteiger partial charge in [0.25, 0.3) is 0 Å². The normalized spacial score (nSPS) is 14.5. The highest BCUT2D eigenvalue weighted by atomic mass is 35.5. The highest BCUT2D eigenvalue weighted by Gasteiger charge is 2.23. The molecule has 0 radical (unpaired) electrons. The lowest BCUT2D eigenvalue weighted by Crippen LogP contribution is -2.24.